The number of para-hydroxylation sites is 2. The number of nitrogens with zero attached hydrogens (tertiary/aromatic N) is 1. The fraction of sp³-hybridized carbons (Fsp3) is 0. The molecule has 2 heteroatoms. The van der Waals surface area contributed by atoms with Crippen molar-refractivity contribution in [2.24, 2.45) is 0 Å². The second-order valence-corrected chi connectivity index (χ2v) is 12.6. The molecule has 0 saturated heterocycles. The van der Waals surface area contributed by atoms with Crippen molar-refractivity contribution >= 4 is 39.0 Å². The fourth-order valence-electron chi connectivity index (χ4n) is 6.92. The number of hydrogen-bond acceptors (Lipinski definition) is 2. The quantitative estimate of drug-likeness (QED) is 0.173. The van der Waals surface area contributed by atoms with E-state index in [0.717, 1.165) is 44.6 Å². The van der Waals surface area contributed by atoms with E-state index >= 15 is 0 Å². The number of benzene rings is 8. The lowest BCUT2D eigenvalue weighted by atomic mass is 9.93. The van der Waals surface area contributed by atoms with Gasteiger partial charge in [0.15, 0.2) is 0 Å². The first kappa shape index (κ1) is 29.5. The number of fused-ring (bicyclic) bond motifs is 3. The van der Waals surface area contributed by atoms with Gasteiger partial charge in [0, 0.05) is 27.8 Å². The third-order valence-electron chi connectivity index (χ3n) is 9.46. The Kier molecular flexibility index (Phi) is 7.53. The third kappa shape index (κ3) is 5.63. The molecule has 0 aliphatic rings. The predicted molar refractivity (Wildman–Crippen MR) is 210 cm³/mol. The van der Waals surface area contributed by atoms with Gasteiger partial charge in [-0.3, -0.25) is 0 Å². The van der Waals surface area contributed by atoms with Gasteiger partial charge in [-0.25, -0.2) is 0 Å². The van der Waals surface area contributed by atoms with E-state index in [2.05, 4.69) is 193 Å². The topological polar surface area (TPSA) is 16.4 Å². The SMILES string of the molecule is c1ccc(-c2cc(-c3ccccc3)cc(-c3ccc(N(c4ccccc4)c4ccc(-c5ccc6oc7ccccc7c6c5)cc4)cc3)c2)cc1. The normalized spacial score (nSPS) is 11.2. The van der Waals surface area contributed by atoms with E-state index in [0.29, 0.717) is 0 Å². The second-order valence-electron chi connectivity index (χ2n) is 12.6. The van der Waals surface area contributed by atoms with Crippen molar-refractivity contribution in [1.29, 1.82) is 0 Å². The van der Waals surface area contributed by atoms with Crippen molar-refractivity contribution in [3.05, 3.63) is 200 Å². The van der Waals surface area contributed by atoms with Crippen molar-refractivity contribution in [2.45, 2.75) is 0 Å². The van der Waals surface area contributed by atoms with Gasteiger partial charge in [-0.1, -0.05) is 127 Å². The Morgan fingerprint density at radius 2 is 0.660 bits per heavy atom. The summed E-state index contributed by atoms with van der Waals surface area (Å²) in [6, 6.07) is 71.2. The Morgan fingerprint density at radius 1 is 0.260 bits per heavy atom. The standard InChI is InChI=1S/C48H33NO/c1-4-12-34(13-5-1)39-30-40(35-14-6-2-7-15-35)32-41(31-39)37-22-27-44(28-23-37)49(42-16-8-3-9-17-42)43-25-20-36(21-26-43)38-24-29-48-46(33-38)45-18-10-11-19-47(45)50-48/h1-33H. The first-order valence-electron chi connectivity index (χ1n) is 17.0. The predicted octanol–water partition coefficient (Wildman–Crippen LogP) is 13.7. The Balaban J connectivity index is 1.08. The van der Waals surface area contributed by atoms with Crippen LogP contribution in [0, 0.1) is 0 Å². The summed E-state index contributed by atoms with van der Waals surface area (Å²) in [5.74, 6) is 0. The van der Waals surface area contributed by atoms with Crippen LogP contribution in [0.15, 0.2) is 205 Å². The molecule has 1 aromatic heterocycles. The highest BCUT2D eigenvalue weighted by atomic mass is 16.3. The van der Waals surface area contributed by atoms with Gasteiger partial charge in [-0.15, -0.1) is 0 Å². The van der Waals surface area contributed by atoms with Crippen molar-refractivity contribution in [1.82, 2.24) is 0 Å². The van der Waals surface area contributed by atoms with E-state index in [1.54, 1.807) is 0 Å². The Morgan fingerprint density at radius 3 is 1.22 bits per heavy atom. The molecule has 0 atom stereocenters. The largest absolute Gasteiger partial charge is 0.456 e. The van der Waals surface area contributed by atoms with Crippen LogP contribution >= 0.6 is 0 Å². The highest BCUT2D eigenvalue weighted by Crippen LogP contribution is 2.39. The highest BCUT2D eigenvalue weighted by Gasteiger charge is 2.15. The molecule has 8 aromatic carbocycles. The van der Waals surface area contributed by atoms with Crippen molar-refractivity contribution in [3.63, 3.8) is 0 Å². The van der Waals surface area contributed by atoms with Crippen molar-refractivity contribution < 1.29 is 4.42 Å². The smallest absolute Gasteiger partial charge is 0.135 e. The average Bonchev–Trinajstić information content (AvgIpc) is 3.58. The van der Waals surface area contributed by atoms with Crippen molar-refractivity contribution in [2.75, 3.05) is 4.90 Å². The number of furan rings is 1. The third-order valence-corrected chi connectivity index (χ3v) is 9.46. The molecule has 50 heavy (non-hydrogen) atoms. The number of rotatable bonds is 7. The van der Waals surface area contributed by atoms with E-state index in [1.807, 2.05) is 12.1 Å². The molecule has 0 radical (unpaired) electrons. The molecule has 0 bridgehead atoms. The van der Waals surface area contributed by atoms with Crippen LogP contribution in [0.2, 0.25) is 0 Å². The maximum atomic E-state index is 6.07. The first-order valence-corrected chi connectivity index (χ1v) is 17.0. The van der Waals surface area contributed by atoms with E-state index < -0.39 is 0 Å². The van der Waals surface area contributed by atoms with E-state index in [1.165, 1.54) is 38.9 Å². The summed E-state index contributed by atoms with van der Waals surface area (Å²) in [7, 11) is 0. The number of hydrogen-bond donors (Lipinski definition) is 0. The van der Waals surface area contributed by atoms with Gasteiger partial charge < -0.3 is 9.32 Å². The zero-order chi connectivity index (χ0) is 33.3. The van der Waals surface area contributed by atoms with Crippen LogP contribution in [0.5, 0.6) is 0 Å². The monoisotopic (exact) mass is 639 g/mol. The molecule has 0 fully saturated rings. The van der Waals surface area contributed by atoms with E-state index in [-0.39, 0.29) is 0 Å². The maximum Gasteiger partial charge on any atom is 0.135 e. The van der Waals surface area contributed by atoms with Crippen molar-refractivity contribution in [3.8, 4) is 44.5 Å². The van der Waals surface area contributed by atoms with Gasteiger partial charge in [0.05, 0.1) is 0 Å². The minimum Gasteiger partial charge on any atom is -0.456 e. The summed E-state index contributed by atoms with van der Waals surface area (Å²) in [4.78, 5) is 2.32. The molecule has 0 amide bonds. The molecule has 9 aromatic rings. The zero-order valence-corrected chi connectivity index (χ0v) is 27.4. The molecule has 0 N–H and O–H groups in total. The molecule has 0 spiro atoms. The molecule has 2 nitrogen and oxygen atoms in total. The summed E-state index contributed by atoms with van der Waals surface area (Å²) in [5, 5.41) is 2.28. The Bertz CT molecular complexity index is 2490. The lowest BCUT2D eigenvalue weighted by Crippen LogP contribution is -2.09. The minimum atomic E-state index is 0.911. The lowest BCUT2D eigenvalue weighted by molar-refractivity contribution is 0.669. The summed E-state index contributed by atoms with van der Waals surface area (Å²) in [6.45, 7) is 0. The molecule has 9 rings (SSSR count). The van der Waals surface area contributed by atoms with Crippen LogP contribution in [0.1, 0.15) is 0 Å². The molecule has 1 heterocycles. The molecule has 236 valence electrons. The maximum absolute atomic E-state index is 6.07. The number of anilines is 3. The van der Waals surface area contributed by atoms with Crippen LogP contribution in [-0.4, -0.2) is 0 Å². The van der Waals surface area contributed by atoms with Gasteiger partial charge >= 0.3 is 0 Å². The van der Waals surface area contributed by atoms with Gasteiger partial charge in [0.1, 0.15) is 11.2 Å². The molecular formula is C48H33NO. The van der Waals surface area contributed by atoms with Crippen LogP contribution in [0.3, 0.4) is 0 Å². The van der Waals surface area contributed by atoms with Gasteiger partial charge in [0.2, 0.25) is 0 Å². The fourth-order valence-corrected chi connectivity index (χ4v) is 6.92. The highest BCUT2D eigenvalue weighted by molar-refractivity contribution is 6.06. The second kappa shape index (κ2) is 12.8. The summed E-state index contributed by atoms with van der Waals surface area (Å²) < 4.78 is 6.07. The molecule has 0 aliphatic carbocycles. The summed E-state index contributed by atoms with van der Waals surface area (Å²) >= 11 is 0. The summed E-state index contributed by atoms with van der Waals surface area (Å²) in [5.41, 5.74) is 14.7. The average molecular weight is 640 g/mol. The van der Waals surface area contributed by atoms with Crippen LogP contribution in [0.25, 0.3) is 66.4 Å². The van der Waals surface area contributed by atoms with Crippen LogP contribution in [-0.2, 0) is 0 Å². The van der Waals surface area contributed by atoms with Gasteiger partial charge in [-0.2, -0.15) is 0 Å². The molecule has 0 unspecified atom stereocenters. The van der Waals surface area contributed by atoms with Crippen LogP contribution < -0.4 is 4.90 Å². The Hall–Kier alpha value is -6.64. The van der Waals surface area contributed by atoms with E-state index in [4.69, 9.17) is 4.42 Å². The zero-order valence-electron chi connectivity index (χ0n) is 27.4. The Labute approximate surface area is 292 Å². The molecule has 0 saturated carbocycles. The molecular weight excluding hydrogens is 607 g/mol. The van der Waals surface area contributed by atoms with Crippen LogP contribution in [0.4, 0.5) is 17.1 Å². The first-order chi connectivity index (χ1) is 24.8. The lowest BCUT2D eigenvalue weighted by Gasteiger charge is -2.26. The minimum absolute atomic E-state index is 0.911. The summed E-state index contributed by atoms with van der Waals surface area (Å²) in [6.07, 6.45) is 0. The van der Waals surface area contributed by atoms with Gasteiger partial charge in [0.25, 0.3) is 0 Å². The molecule has 0 aliphatic heterocycles. The van der Waals surface area contributed by atoms with E-state index in [9.17, 15) is 0 Å². The van der Waals surface area contributed by atoms with Gasteiger partial charge in [-0.05, 0) is 117 Å².